The second-order valence-electron chi connectivity index (χ2n) is 5.07. The van der Waals surface area contributed by atoms with E-state index in [1.165, 1.54) is 44.9 Å². The van der Waals surface area contributed by atoms with Gasteiger partial charge in [-0.1, -0.05) is 18.6 Å². The molecule has 1 aliphatic heterocycles. The Morgan fingerprint density at radius 2 is 1.93 bits per heavy atom. The molecule has 0 aromatic carbocycles. The van der Waals surface area contributed by atoms with E-state index in [-0.39, 0.29) is 0 Å². The SMILES string of the molecule is C[C@H]1C2CCCC/C=C\CCC(C2)N1I. The Kier molecular flexibility index (Phi) is 4.50. The molecular weight excluding hydrogens is 297 g/mol. The maximum Gasteiger partial charge on any atom is 0.0207 e. The number of halogens is 1. The number of hydrogen-bond acceptors (Lipinski definition) is 1. The zero-order valence-electron chi connectivity index (χ0n) is 9.66. The minimum absolute atomic E-state index is 0.805. The molecule has 0 aromatic heterocycles. The highest BCUT2D eigenvalue weighted by Crippen LogP contribution is 2.38. The van der Waals surface area contributed by atoms with E-state index in [4.69, 9.17) is 0 Å². The highest BCUT2D eigenvalue weighted by molar-refractivity contribution is 14.1. The summed E-state index contributed by atoms with van der Waals surface area (Å²) in [6.45, 7) is 2.42. The topological polar surface area (TPSA) is 3.24 Å². The third kappa shape index (κ3) is 2.96. The third-order valence-electron chi connectivity index (χ3n) is 4.02. The van der Waals surface area contributed by atoms with Gasteiger partial charge in [0, 0.05) is 34.9 Å². The number of fused-ring (bicyclic) bond motifs is 2. The van der Waals surface area contributed by atoms with Crippen LogP contribution in [0.1, 0.15) is 51.9 Å². The van der Waals surface area contributed by atoms with E-state index in [1.54, 1.807) is 0 Å². The minimum Gasteiger partial charge on any atom is -0.241 e. The lowest BCUT2D eigenvalue weighted by atomic mass is 9.93. The number of hydrogen-bond donors (Lipinski definition) is 0. The van der Waals surface area contributed by atoms with Gasteiger partial charge in [-0.05, 0) is 51.4 Å². The second-order valence-corrected chi connectivity index (χ2v) is 6.18. The van der Waals surface area contributed by atoms with Crippen LogP contribution in [0.25, 0.3) is 0 Å². The zero-order chi connectivity index (χ0) is 10.7. The zero-order valence-corrected chi connectivity index (χ0v) is 11.8. The molecule has 0 saturated carbocycles. The first-order valence-corrected chi connectivity index (χ1v) is 7.34. The van der Waals surface area contributed by atoms with E-state index in [0.29, 0.717) is 0 Å². The molecule has 2 unspecified atom stereocenters. The van der Waals surface area contributed by atoms with Gasteiger partial charge in [-0.25, -0.2) is 3.11 Å². The van der Waals surface area contributed by atoms with E-state index < -0.39 is 0 Å². The molecule has 3 atom stereocenters. The summed E-state index contributed by atoms with van der Waals surface area (Å²) < 4.78 is 2.60. The average molecular weight is 319 g/mol. The summed E-state index contributed by atoms with van der Waals surface area (Å²) in [4.78, 5) is 0. The van der Waals surface area contributed by atoms with Crippen LogP contribution in [0.4, 0.5) is 0 Å². The lowest BCUT2D eigenvalue weighted by Crippen LogP contribution is -2.26. The average Bonchev–Trinajstić information content (AvgIpc) is 2.50. The summed E-state index contributed by atoms with van der Waals surface area (Å²) in [6.07, 6.45) is 14.4. The molecule has 0 radical (unpaired) electrons. The Labute approximate surface area is 108 Å². The van der Waals surface area contributed by atoms with E-state index in [1.807, 2.05) is 0 Å². The molecule has 2 aliphatic rings. The molecule has 2 rings (SSSR count). The first-order valence-electron chi connectivity index (χ1n) is 6.38. The van der Waals surface area contributed by atoms with E-state index in [2.05, 4.69) is 45.1 Å². The van der Waals surface area contributed by atoms with Crippen LogP contribution < -0.4 is 0 Å². The molecule has 1 fully saturated rings. The van der Waals surface area contributed by atoms with Crippen LogP contribution in [0.2, 0.25) is 0 Å². The minimum atomic E-state index is 0.805. The maximum atomic E-state index is 2.60. The predicted octanol–water partition coefficient (Wildman–Crippen LogP) is 4.33. The van der Waals surface area contributed by atoms with Crippen molar-refractivity contribution in [3.05, 3.63) is 12.2 Å². The third-order valence-corrected chi connectivity index (χ3v) is 5.69. The van der Waals surface area contributed by atoms with Crippen molar-refractivity contribution >= 4 is 22.9 Å². The molecule has 15 heavy (non-hydrogen) atoms. The molecule has 0 aromatic rings. The van der Waals surface area contributed by atoms with Gasteiger partial charge in [0.1, 0.15) is 0 Å². The largest absolute Gasteiger partial charge is 0.241 e. The van der Waals surface area contributed by atoms with Gasteiger partial charge in [0.25, 0.3) is 0 Å². The van der Waals surface area contributed by atoms with E-state index in [9.17, 15) is 0 Å². The molecule has 2 bridgehead atoms. The van der Waals surface area contributed by atoms with Crippen molar-refractivity contribution in [2.75, 3.05) is 0 Å². The maximum absolute atomic E-state index is 2.60. The summed E-state index contributed by atoms with van der Waals surface area (Å²) in [7, 11) is 0. The molecule has 0 amide bonds. The predicted molar refractivity (Wildman–Crippen MR) is 74.1 cm³/mol. The van der Waals surface area contributed by atoms with Crippen LogP contribution in [0.3, 0.4) is 0 Å². The first-order chi connectivity index (χ1) is 7.29. The summed E-state index contributed by atoms with van der Waals surface area (Å²) >= 11 is 2.55. The molecule has 86 valence electrons. The number of nitrogens with zero attached hydrogens (tertiary/aromatic N) is 1. The molecular formula is C13H22IN. The van der Waals surface area contributed by atoms with Crippen LogP contribution in [0, 0.1) is 5.92 Å². The molecule has 0 N–H and O–H groups in total. The molecule has 2 heteroatoms. The van der Waals surface area contributed by atoms with Gasteiger partial charge in [0.2, 0.25) is 0 Å². The van der Waals surface area contributed by atoms with Gasteiger partial charge in [0.05, 0.1) is 0 Å². The van der Waals surface area contributed by atoms with Crippen molar-refractivity contribution < 1.29 is 0 Å². The molecule has 1 aliphatic carbocycles. The van der Waals surface area contributed by atoms with Crippen molar-refractivity contribution in [3.63, 3.8) is 0 Å². The van der Waals surface area contributed by atoms with Crippen LogP contribution in [-0.4, -0.2) is 15.2 Å². The highest BCUT2D eigenvalue weighted by Gasteiger charge is 2.36. The smallest absolute Gasteiger partial charge is 0.0207 e. The number of rotatable bonds is 0. The number of allylic oxidation sites excluding steroid dienone is 2. The monoisotopic (exact) mass is 319 g/mol. The van der Waals surface area contributed by atoms with Crippen molar-refractivity contribution in [1.29, 1.82) is 0 Å². The van der Waals surface area contributed by atoms with Gasteiger partial charge >= 0.3 is 0 Å². The Balaban J connectivity index is 1.99. The van der Waals surface area contributed by atoms with Gasteiger partial charge in [-0.3, -0.25) is 0 Å². The fourth-order valence-corrected chi connectivity index (χ4v) is 3.94. The van der Waals surface area contributed by atoms with Gasteiger partial charge in [-0.15, -0.1) is 0 Å². The lowest BCUT2D eigenvalue weighted by Gasteiger charge is -2.22. The van der Waals surface area contributed by atoms with Gasteiger partial charge in [0.15, 0.2) is 0 Å². The Hall–Kier alpha value is 0.430. The molecule has 1 saturated heterocycles. The van der Waals surface area contributed by atoms with Gasteiger partial charge in [-0.2, -0.15) is 0 Å². The normalized spacial score (nSPS) is 41.1. The van der Waals surface area contributed by atoms with Crippen LogP contribution in [-0.2, 0) is 0 Å². The first kappa shape index (κ1) is 11.9. The van der Waals surface area contributed by atoms with Crippen LogP contribution >= 0.6 is 22.9 Å². The fraction of sp³-hybridized carbons (Fsp3) is 0.846. The summed E-state index contributed by atoms with van der Waals surface area (Å²) in [5.41, 5.74) is 0. The quantitative estimate of drug-likeness (QED) is 0.365. The standard InChI is InChI=1S/C13H22IN/c1-11-12-8-6-4-2-3-5-7-9-13(10-12)15(11)14/h3,5,11-13H,2,4,6-10H2,1H3/b5-3-/t11-,12?,13?/m0/s1. The second kappa shape index (κ2) is 5.67. The molecule has 1 heterocycles. The lowest BCUT2D eigenvalue weighted by molar-refractivity contribution is 0.357. The van der Waals surface area contributed by atoms with Crippen molar-refractivity contribution in [2.24, 2.45) is 5.92 Å². The van der Waals surface area contributed by atoms with Crippen molar-refractivity contribution in [2.45, 2.75) is 64.0 Å². The molecule has 1 nitrogen and oxygen atoms in total. The van der Waals surface area contributed by atoms with Crippen LogP contribution in [0.15, 0.2) is 12.2 Å². The molecule has 0 spiro atoms. The van der Waals surface area contributed by atoms with E-state index in [0.717, 1.165) is 18.0 Å². The van der Waals surface area contributed by atoms with Crippen LogP contribution in [0.5, 0.6) is 0 Å². The van der Waals surface area contributed by atoms with Crippen molar-refractivity contribution in [1.82, 2.24) is 3.11 Å². The summed E-state index contributed by atoms with van der Waals surface area (Å²) in [5, 5.41) is 0. The summed E-state index contributed by atoms with van der Waals surface area (Å²) in [5.74, 6) is 0.963. The Bertz CT molecular complexity index is 227. The Morgan fingerprint density at radius 1 is 1.13 bits per heavy atom. The van der Waals surface area contributed by atoms with Gasteiger partial charge < -0.3 is 0 Å². The van der Waals surface area contributed by atoms with E-state index >= 15 is 0 Å². The fourth-order valence-electron chi connectivity index (χ4n) is 2.97. The summed E-state index contributed by atoms with van der Waals surface area (Å²) in [6, 6.07) is 1.65. The van der Waals surface area contributed by atoms with Crippen molar-refractivity contribution in [3.8, 4) is 0 Å². The highest BCUT2D eigenvalue weighted by atomic mass is 127. The Morgan fingerprint density at radius 3 is 2.80 bits per heavy atom.